The van der Waals surface area contributed by atoms with Crippen molar-refractivity contribution in [3.8, 4) is 0 Å². The van der Waals surface area contributed by atoms with Crippen LogP contribution < -0.4 is 5.73 Å². The number of nitrogens with two attached hydrogens (primary N) is 1. The first-order valence-electron chi connectivity index (χ1n) is 5.83. The molecule has 5 nitrogen and oxygen atoms in total. The molecule has 1 aromatic heterocycles. The topological polar surface area (TPSA) is 75.0 Å². The molecule has 2 heterocycles. The molecule has 0 spiro atoms. The van der Waals surface area contributed by atoms with Crippen LogP contribution in [0.2, 0.25) is 0 Å². The molecule has 1 fully saturated rings. The van der Waals surface area contributed by atoms with Crippen molar-refractivity contribution in [3.05, 3.63) is 18.0 Å². The highest BCUT2D eigenvalue weighted by Gasteiger charge is 2.29. The van der Waals surface area contributed by atoms with Crippen LogP contribution in [0.15, 0.2) is 12.3 Å². The number of amides is 1. The number of carbonyl (C=O) groups excluding carboxylic acids is 1. The maximum absolute atomic E-state index is 12.1. The van der Waals surface area contributed by atoms with E-state index in [1.165, 1.54) is 0 Å². The quantitative estimate of drug-likeness (QED) is 0.789. The van der Waals surface area contributed by atoms with Gasteiger partial charge in [0, 0.05) is 18.8 Å². The molecule has 0 radical (unpaired) electrons. The summed E-state index contributed by atoms with van der Waals surface area (Å²) in [5.41, 5.74) is 6.09. The lowest BCUT2D eigenvalue weighted by Crippen LogP contribution is -2.36. The summed E-state index contributed by atoms with van der Waals surface area (Å²) < 4.78 is 0. The standard InChI is InChI=1S/C11H18N4O/c12-6-1-3-9-4-2-8-15(9)11(16)10-5-7-13-14-10/h5,7,9H,1-4,6,8,12H2,(H,13,14). The van der Waals surface area contributed by atoms with E-state index in [0.717, 1.165) is 32.2 Å². The molecule has 1 aromatic rings. The minimum atomic E-state index is 0.0667. The maximum Gasteiger partial charge on any atom is 0.272 e. The van der Waals surface area contributed by atoms with Crippen LogP contribution >= 0.6 is 0 Å². The fourth-order valence-corrected chi connectivity index (χ4v) is 2.29. The Labute approximate surface area is 95.0 Å². The van der Waals surface area contributed by atoms with Gasteiger partial charge in [0.2, 0.25) is 0 Å². The Morgan fingerprint density at radius 1 is 1.69 bits per heavy atom. The fraction of sp³-hybridized carbons (Fsp3) is 0.636. The normalized spacial score (nSPS) is 20.3. The van der Waals surface area contributed by atoms with Crippen LogP contribution in [-0.4, -0.2) is 40.1 Å². The van der Waals surface area contributed by atoms with Crippen LogP contribution in [0.4, 0.5) is 0 Å². The lowest BCUT2D eigenvalue weighted by atomic mass is 10.1. The smallest absolute Gasteiger partial charge is 0.272 e. The van der Waals surface area contributed by atoms with E-state index in [2.05, 4.69) is 10.2 Å². The summed E-state index contributed by atoms with van der Waals surface area (Å²) in [5.74, 6) is 0.0667. The van der Waals surface area contributed by atoms with Crippen LogP contribution in [-0.2, 0) is 0 Å². The van der Waals surface area contributed by atoms with Gasteiger partial charge < -0.3 is 10.6 Å². The first kappa shape index (κ1) is 11.1. The molecule has 1 saturated heterocycles. The highest BCUT2D eigenvalue weighted by Crippen LogP contribution is 2.22. The molecule has 1 amide bonds. The molecule has 2 rings (SSSR count). The van der Waals surface area contributed by atoms with Crippen molar-refractivity contribution < 1.29 is 4.79 Å². The zero-order valence-electron chi connectivity index (χ0n) is 9.35. The second kappa shape index (κ2) is 5.12. The summed E-state index contributed by atoms with van der Waals surface area (Å²) in [6.07, 6.45) is 5.79. The first-order valence-corrected chi connectivity index (χ1v) is 5.83. The number of rotatable bonds is 4. The minimum Gasteiger partial charge on any atom is -0.334 e. The zero-order valence-corrected chi connectivity index (χ0v) is 9.35. The second-order valence-corrected chi connectivity index (χ2v) is 4.20. The number of likely N-dealkylation sites (tertiary alicyclic amines) is 1. The number of carbonyl (C=O) groups is 1. The van der Waals surface area contributed by atoms with Crippen LogP contribution in [0.5, 0.6) is 0 Å². The summed E-state index contributed by atoms with van der Waals surface area (Å²) in [5, 5.41) is 6.53. The van der Waals surface area contributed by atoms with Crippen molar-refractivity contribution >= 4 is 5.91 Å². The number of aromatic amines is 1. The number of aromatic nitrogens is 2. The Kier molecular flexibility index (Phi) is 3.56. The van der Waals surface area contributed by atoms with Crippen molar-refractivity contribution in [2.75, 3.05) is 13.1 Å². The van der Waals surface area contributed by atoms with Gasteiger partial charge in [0.25, 0.3) is 5.91 Å². The van der Waals surface area contributed by atoms with E-state index in [-0.39, 0.29) is 5.91 Å². The molecule has 16 heavy (non-hydrogen) atoms. The lowest BCUT2D eigenvalue weighted by Gasteiger charge is -2.23. The van der Waals surface area contributed by atoms with E-state index in [4.69, 9.17) is 5.73 Å². The highest BCUT2D eigenvalue weighted by atomic mass is 16.2. The van der Waals surface area contributed by atoms with Gasteiger partial charge in [-0.1, -0.05) is 0 Å². The molecule has 1 aliphatic rings. The monoisotopic (exact) mass is 222 g/mol. The van der Waals surface area contributed by atoms with Gasteiger partial charge in [-0.2, -0.15) is 5.10 Å². The molecule has 1 aliphatic heterocycles. The predicted octanol–water partition coefficient (Wildman–Crippen LogP) is 0.753. The van der Waals surface area contributed by atoms with Gasteiger partial charge in [0.05, 0.1) is 0 Å². The van der Waals surface area contributed by atoms with Gasteiger partial charge in [-0.25, -0.2) is 0 Å². The van der Waals surface area contributed by atoms with Crippen LogP contribution in [0.3, 0.4) is 0 Å². The van der Waals surface area contributed by atoms with E-state index in [1.54, 1.807) is 12.3 Å². The minimum absolute atomic E-state index is 0.0667. The van der Waals surface area contributed by atoms with E-state index in [9.17, 15) is 4.79 Å². The molecular formula is C11H18N4O. The van der Waals surface area contributed by atoms with Crippen molar-refractivity contribution in [3.63, 3.8) is 0 Å². The SMILES string of the molecule is NCCCC1CCCN1C(=O)c1ccn[nH]1. The third-order valence-corrected chi connectivity index (χ3v) is 3.11. The van der Waals surface area contributed by atoms with Crippen molar-refractivity contribution in [2.24, 2.45) is 5.73 Å². The summed E-state index contributed by atoms with van der Waals surface area (Å²) in [4.78, 5) is 14.1. The largest absolute Gasteiger partial charge is 0.334 e. The van der Waals surface area contributed by atoms with E-state index >= 15 is 0 Å². The number of H-pyrrole nitrogens is 1. The van der Waals surface area contributed by atoms with Gasteiger partial charge in [-0.3, -0.25) is 9.89 Å². The third-order valence-electron chi connectivity index (χ3n) is 3.11. The molecule has 0 aliphatic carbocycles. The van der Waals surface area contributed by atoms with E-state index < -0.39 is 0 Å². The lowest BCUT2D eigenvalue weighted by molar-refractivity contribution is 0.0723. The van der Waals surface area contributed by atoms with E-state index in [0.29, 0.717) is 18.3 Å². The Balaban J connectivity index is 1.99. The van der Waals surface area contributed by atoms with Gasteiger partial charge in [-0.05, 0) is 38.3 Å². The number of hydrogen-bond donors (Lipinski definition) is 2. The molecule has 0 saturated carbocycles. The third kappa shape index (κ3) is 2.24. The summed E-state index contributed by atoms with van der Waals surface area (Å²) in [6.45, 7) is 1.55. The molecule has 5 heteroatoms. The maximum atomic E-state index is 12.1. The van der Waals surface area contributed by atoms with Crippen LogP contribution in [0.1, 0.15) is 36.2 Å². The number of hydrogen-bond acceptors (Lipinski definition) is 3. The van der Waals surface area contributed by atoms with E-state index in [1.807, 2.05) is 4.90 Å². The molecule has 1 atom stereocenters. The zero-order chi connectivity index (χ0) is 11.4. The van der Waals surface area contributed by atoms with Crippen LogP contribution in [0, 0.1) is 0 Å². The Bertz CT molecular complexity index is 336. The van der Waals surface area contributed by atoms with Gasteiger partial charge in [-0.15, -0.1) is 0 Å². The van der Waals surface area contributed by atoms with Crippen molar-refractivity contribution in [1.29, 1.82) is 0 Å². The Hall–Kier alpha value is -1.36. The van der Waals surface area contributed by atoms with Gasteiger partial charge >= 0.3 is 0 Å². The molecule has 0 aromatic carbocycles. The molecule has 3 N–H and O–H groups in total. The van der Waals surface area contributed by atoms with Crippen LogP contribution in [0.25, 0.3) is 0 Å². The fourth-order valence-electron chi connectivity index (χ4n) is 2.29. The molecule has 88 valence electrons. The first-order chi connectivity index (χ1) is 7.83. The van der Waals surface area contributed by atoms with Gasteiger partial charge in [0.15, 0.2) is 0 Å². The highest BCUT2D eigenvalue weighted by molar-refractivity contribution is 5.92. The summed E-state index contributed by atoms with van der Waals surface area (Å²) >= 11 is 0. The Morgan fingerprint density at radius 2 is 2.56 bits per heavy atom. The average Bonchev–Trinajstić information content (AvgIpc) is 2.96. The van der Waals surface area contributed by atoms with Crippen molar-refractivity contribution in [2.45, 2.75) is 31.7 Å². The number of nitrogens with zero attached hydrogens (tertiary/aromatic N) is 2. The Morgan fingerprint density at radius 3 is 3.25 bits per heavy atom. The second-order valence-electron chi connectivity index (χ2n) is 4.20. The summed E-state index contributed by atoms with van der Waals surface area (Å²) in [6, 6.07) is 2.08. The summed E-state index contributed by atoms with van der Waals surface area (Å²) in [7, 11) is 0. The van der Waals surface area contributed by atoms with Crippen molar-refractivity contribution in [1.82, 2.24) is 15.1 Å². The average molecular weight is 222 g/mol. The predicted molar refractivity (Wildman–Crippen MR) is 60.9 cm³/mol. The van der Waals surface area contributed by atoms with Gasteiger partial charge in [0.1, 0.15) is 5.69 Å². The molecular weight excluding hydrogens is 204 g/mol. The molecule has 0 bridgehead atoms. The number of nitrogens with one attached hydrogen (secondary N) is 1. The molecule has 1 unspecified atom stereocenters.